The Morgan fingerprint density at radius 2 is 2.25 bits per heavy atom. The maximum atomic E-state index is 11.4. The first kappa shape index (κ1) is 12.8. The summed E-state index contributed by atoms with van der Waals surface area (Å²) in [6.07, 6.45) is 4.04. The topological polar surface area (TPSA) is 45.5 Å². The van der Waals surface area contributed by atoms with Gasteiger partial charge in [0.2, 0.25) is 5.91 Å². The van der Waals surface area contributed by atoms with Crippen LogP contribution in [0.5, 0.6) is 0 Å². The maximum absolute atomic E-state index is 11.4. The molecule has 0 spiro atoms. The van der Waals surface area contributed by atoms with Gasteiger partial charge in [0, 0.05) is 6.54 Å². The van der Waals surface area contributed by atoms with Gasteiger partial charge in [0.25, 0.3) is 0 Å². The van der Waals surface area contributed by atoms with Gasteiger partial charge in [-0.3, -0.25) is 4.79 Å². The van der Waals surface area contributed by atoms with Gasteiger partial charge in [0.05, 0.1) is 12.7 Å². The van der Waals surface area contributed by atoms with E-state index in [0.29, 0.717) is 12.2 Å². The summed E-state index contributed by atoms with van der Waals surface area (Å²) in [7, 11) is 4.10. The Balaban J connectivity index is 2.03. The summed E-state index contributed by atoms with van der Waals surface area (Å²) in [5, 5.41) is 2.88. The minimum absolute atomic E-state index is 0.0276. The SMILES string of the molecule is CN(C)CCCCNC(=O)Cc1ccco1. The monoisotopic (exact) mass is 224 g/mol. The molecule has 0 radical (unpaired) electrons. The van der Waals surface area contributed by atoms with Crippen LogP contribution in [0.3, 0.4) is 0 Å². The molecule has 4 nitrogen and oxygen atoms in total. The van der Waals surface area contributed by atoms with Crippen LogP contribution in [-0.2, 0) is 11.2 Å². The van der Waals surface area contributed by atoms with Gasteiger partial charge in [-0.25, -0.2) is 0 Å². The second kappa shape index (κ2) is 7.06. The highest BCUT2D eigenvalue weighted by Gasteiger charge is 2.04. The van der Waals surface area contributed by atoms with Crippen molar-refractivity contribution in [1.29, 1.82) is 0 Å². The largest absolute Gasteiger partial charge is 0.469 e. The molecule has 0 unspecified atom stereocenters. The standard InChI is InChI=1S/C12H20N2O2/c1-14(2)8-4-3-7-13-12(15)10-11-6-5-9-16-11/h5-6,9H,3-4,7-8,10H2,1-2H3,(H,13,15). The van der Waals surface area contributed by atoms with Crippen LogP contribution in [0, 0.1) is 0 Å². The summed E-state index contributed by atoms with van der Waals surface area (Å²) >= 11 is 0. The van der Waals surface area contributed by atoms with Crippen molar-refractivity contribution in [2.75, 3.05) is 27.2 Å². The number of hydrogen-bond acceptors (Lipinski definition) is 3. The third kappa shape index (κ3) is 5.56. The summed E-state index contributed by atoms with van der Waals surface area (Å²) < 4.78 is 5.10. The quantitative estimate of drug-likeness (QED) is 0.710. The summed E-state index contributed by atoms with van der Waals surface area (Å²) in [5.74, 6) is 0.741. The second-order valence-corrected chi connectivity index (χ2v) is 4.12. The summed E-state index contributed by atoms with van der Waals surface area (Å²) in [6, 6.07) is 3.60. The lowest BCUT2D eigenvalue weighted by atomic mass is 10.3. The van der Waals surface area contributed by atoms with Crippen LogP contribution in [0.4, 0.5) is 0 Å². The van der Waals surface area contributed by atoms with E-state index in [1.807, 2.05) is 6.07 Å². The summed E-state index contributed by atoms with van der Waals surface area (Å²) in [6.45, 7) is 1.81. The molecule has 16 heavy (non-hydrogen) atoms. The zero-order valence-corrected chi connectivity index (χ0v) is 10.0. The Labute approximate surface area is 96.6 Å². The molecule has 1 N–H and O–H groups in total. The molecule has 0 bridgehead atoms. The van der Waals surface area contributed by atoms with E-state index in [-0.39, 0.29) is 5.91 Å². The molecule has 1 rings (SSSR count). The number of furan rings is 1. The zero-order chi connectivity index (χ0) is 11.8. The number of rotatable bonds is 7. The fourth-order valence-electron chi connectivity index (χ4n) is 1.41. The van der Waals surface area contributed by atoms with Crippen LogP contribution < -0.4 is 5.32 Å². The molecule has 0 aliphatic rings. The second-order valence-electron chi connectivity index (χ2n) is 4.12. The van der Waals surface area contributed by atoms with E-state index in [1.165, 1.54) is 0 Å². The molecular formula is C12H20N2O2. The van der Waals surface area contributed by atoms with Crippen LogP contribution in [0.25, 0.3) is 0 Å². The van der Waals surface area contributed by atoms with Gasteiger partial charge in [0.1, 0.15) is 5.76 Å². The number of nitrogens with one attached hydrogen (secondary N) is 1. The molecule has 0 fully saturated rings. The van der Waals surface area contributed by atoms with Crippen LogP contribution >= 0.6 is 0 Å². The number of carbonyl (C=O) groups is 1. The zero-order valence-electron chi connectivity index (χ0n) is 10.0. The number of amides is 1. The fraction of sp³-hybridized carbons (Fsp3) is 0.583. The van der Waals surface area contributed by atoms with E-state index in [4.69, 9.17) is 4.42 Å². The highest BCUT2D eigenvalue weighted by Crippen LogP contribution is 2.00. The predicted molar refractivity (Wildman–Crippen MR) is 63.2 cm³/mol. The Hall–Kier alpha value is -1.29. The first-order valence-electron chi connectivity index (χ1n) is 5.62. The number of unbranched alkanes of at least 4 members (excludes halogenated alkanes) is 1. The molecule has 1 amide bonds. The Morgan fingerprint density at radius 1 is 1.44 bits per heavy atom. The van der Waals surface area contributed by atoms with E-state index in [0.717, 1.165) is 25.9 Å². The smallest absolute Gasteiger partial charge is 0.227 e. The van der Waals surface area contributed by atoms with Crippen molar-refractivity contribution in [3.05, 3.63) is 24.2 Å². The van der Waals surface area contributed by atoms with Crippen LogP contribution in [0.1, 0.15) is 18.6 Å². The van der Waals surface area contributed by atoms with Crippen molar-refractivity contribution in [3.8, 4) is 0 Å². The van der Waals surface area contributed by atoms with Crippen molar-refractivity contribution < 1.29 is 9.21 Å². The van der Waals surface area contributed by atoms with Gasteiger partial charge in [-0.1, -0.05) is 0 Å². The van der Waals surface area contributed by atoms with Crippen LogP contribution in [-0.4, -0.2) is 38.0 Å². The summed E-state index contributed by atoms with van der Waals surface area (Å²) in [4.78, 5) is 13.6. The van der Waals surface area contributed by atoms with Crippen molar-refractivity contribution in [1.82, 2.24) is 10.2 Å². The molecule has 0 aliphatic heterocycles. The molecular weight excluding hydrogens is 204 g/mol. The van der Waals surface area contributed by atoms with Gasteiger partial charge in [-0.2, -0.15) is 0 Å². The minimum atomic E-state index is 0.0276. The number of nitrogens with zero attached hydrogens (tertiary/aromatic N) is 1. The maximum Gasteiger partial charge on any atom is 0.227 e. The number of carbonyl (C=O) groups excluding carboxylic acids is 1. The Morgan fingerprint density at radius 3 is 2.88 bits per heavy atom. The van der Waals surface area contributed by atoms with E-state index in [9.17, 15) is 4.79 Å². The lowest BCUT2D eigenvalue weighted by molar-refractivity contribution is -0.120. The molecule has 1 aromatic rings. The van der Waals surface area contributed by atoms with E-state index in [2.05, 4.69) is 24.3 Å². The first-order chi connectivity index (χ1) is 7.68. The fourth-order valence-corrected chi connectivity index (χ4v) is 1.41. The summed E-state index contributed by atoms with van der Waals surface area (Å²) in [5.41, 5.74) is 0. The predicted octanol–water partition coefficient (Wildman–Crippen LogP) is 1.28. The van der Waals surface area contributed by atoms with Gasteiger partial charge in [0.15, 0.2) is 0 Å². The highest BCUT2D eigenvalue weighted by molar-refractivity contribution is 5.77. The van der Waals surface area contributed by atoms with Crippen molar-refractivity contribution in [3.63, 3.8) is 0 Å². The van der Waals surface area contributed by atoms with E-state index >= 15 is 0 Å². The Kier molecular flexibility index (Phi) is 5.64. The van der Waals surface area contributed by atoms with Crippen molar-refractivity contribution >= 4 is 5.91 Å². The molecule has 1 aromatic heterocycles. The normalized spacial score (nSPS) is 10.7. The molecule has 90 valence electrons. The van der Waals surface area contributed by atoms with E-state index < -0.39 is 0 Å². The van der Waals surface area contributed by atoms with Gasteiger partial charge >= 0.3 is 0 Å². The van der Waals surface area contributed by atoms with Gasteiger partial charge < -0.3 is 14.6 Å². The first-order valence-corrected chi connectivity index (χ1v) is 5.62. The van der Waals surface area contributed by atoms with E-state index in [1.54, 1.807) is 12.3 Å². The lowest BCUT2D eigenvalue weighted by Gasteiger charge is -2.09. The molecule has 4 heteroatoms. The third-order valence-electron chi connectivity index (χ3n) is 2.27. The molecule has 0 saturated carbocycles. The average molecular weight is 224 g/mol. The van der Waals surface area contributed by atoms with Crippen molar-refractivity contribution in [2.24, 2.45) is 0 Å². The highest BCUT2D eigenvalue weighted by atomic mass is 16.3. The molecule has 0 saturated heterocycles. The van der Waals surface area contributed by atoms with Crippen molar-refractivity contribution in [2.45, 2.75) is 19.3 Å². The minimum Gasteiger partial charge on any atom is -0.469 e. The van der Waals surface area contributed by atoms with Gasteiger partial charge in [-0.15, -0.1) is 0 Å². The molecule has 0 aromatic carbocycles. The Bertz CT molecular complexity index is 294. The average Bonchev–Trinajstić information content (AvgIpc) is 2.69. The lowest BCUT2D eigenvalue weighted by Crippen LogP contribution is -2.26. The molecule has 0 atom stereocenters. The third-order valence-corrected chi connectivity index (χ3v) is 2.27. The number of hydrogen-bond donors (Lipinski definition) is 1. The van der Waals surface area contributed by atoms with Crippen LogP contribution in [0.15, 0.2) is 22.8 Å². The van der Waals surface area contributed by atoms with Gasteiger partial charge in [-0.05, 0) is 45.6 Å². The molecule has 0 aliphatic carbocycles. The molecule has 1 heterocycles. The van der Waals surface area contributed by atoms with Crippen LogP contribution in [0.2, 0.25) is 0 Å².